The number of carbonyl (C=O) groups is 2. The number of hydrogen-bond donors (Lipinski definition) is 2. The van der Waals surface area contributed by atoms with Gasteiger partial charge in [0.15, 0.2) is 0 Å². The third-order valence-electron chi connectivity index (χ3n) is 4.53. The van der Waals surface area contributed by atoms with E-state index in [2.05, 4.69) is 17.2 Å². The minimum Gasteiger partial charge on any atom is -0.495 e. The van der Waals surface area contributed by atoms with Crippen molar-refractivity contribution in [3.8, 4) is 5.75 Å². The summed E-state index contributed by atoms with van der Waals surface area (Å²) in [6.45, 7) is 3.20. The van der Waals surface area contributed by atoms with Crippen molar-refractivity contribution in [3.05, 3.63) is 84.3 Å². The molecule has 0 atom stereocenters. The summed E-state index contributed by atoms with van der Waals surface area (Å²) in [4.78, 5) is 25.0. The molecule has 1 heterocycles. The molecule has 1 aromatic heterocycles. The van der Waals surface area contributed by atoms with Crippen LogP contribution in [-0.4, -0.2) is 44.7 Å². The molecule has 2 amide bonds. The maximum absolute atomic E-state index is 12.7. The predicted octanol–water partition coefficient (Wildman–Crippen LogP) is 3.82. The molecule has 10 heteroatoms. The van der Waals surface area contributed by atoms with E-state index in [0.717, 1.165) is 15.6 Å². The first-order valence-corrected chi connectivity index (χ1v) is 12.2. The van der Waals surface area contributed by atoms with Gasteiger partial charge in [0.25, 0.3) is 15.9 Å². The maximum atomic E-state index is 12.7. The van der Waals surface area contributed by atoms with E-state index >= 15 is 0 Å². The van der Waals surface area contributed by atoms with Crippen LogP contribution in [0.4, 0.5) is 11.4 Å². The Morgan fingerprint density at radius 3 is 2.42 bits per heavy atom. The van der Waals surface area contributed by atoms with E-state index in [4.69, 9.17) is 4.74 Å². The van der Waals surface area contributed by atoms with E-state index in [9.17, 15) is 18.0 Å². The molecule has 0 radical (unpaired) electrons. The van der Waals surface area contributed by atoms with Crippen molar-refractivity contribution in [1.29, 1.82) is 0 Å². The molecule has 33 heavy (non-hydrogen) atoms. The van der Waals surface area contributed by atoms with Gasteiger partial charge in [-0.1, -0.05) is 24.3 Å². The quantitative estimate of drug-likeness (QED) is 0.425. The highest BCUT2D eigenvalue weighted by molar-refractivity contribution is 7.91. The standard InChI is InChI=1S/C23H23N3O5S2/c1-3-14-26(33(29,30)22-9-6-15-32-22)16-21(27)24-18-12-10-17(11-13-18)23(28)25-19-7-4-5-8-20(19)31-2/h3-13,15H,1,14,16H2,2H3,(H,24,27)(H,25,28). The fourth-order valence-electron chi connectivity index (χ4n) is 2.94. The Balaban J connectivity index is 1.64. The van der Waals surface area contributed by atoms with E-state index in [1.54, 1.807) is 60.0 Å². The lowest BCUT2D eigenvalue weighted by Crippen LogP contribution is -2.37. The number of hydrogen-bond acceptors (Lipinski definition) is 6. The number of rotatable bonds is 10. The lowest BCUT2D eigenvalue weighted by Gasteiger charge is -2.19. The number of thiophene rings is 1. The minimum absolute atomic E-state index is 0.00426. The average molecular weight is 486 g/mol. The number of nitrogens with one attached hydrogen (secondary N) is 2. The average Bonchev–Trinajstić information content (AvgIpc) is 3.35. The van der Waals surface area contributed by atoms with E-state index < -0.39 is 15.9 Å². The zero-order valence-corrected chi connectivity index (χ0v) is 19.5. The molecule has 0 aliphatic heterocycles. The van der Waals surface area contributed by atoms with Crippen molar-refractivity contribution in [2.75, 3.05) is 30.8 Å². The van der Waals surface area contributed by atoms with E-state index in [-0.39, 0.29) is 23.2 Å². The number of methoxy groups -OCH3 is 1. The van der Waals surface area contributed by atoms with Crippen LogP contribution in [0.5, 0.6) is 5.75 Å². The molecule has 2 aromatic carbocycles. The van der Waals surface area contributed by atoms with Gasteiger partial charge in [-0.15, -0.1) is 17.9 Å². The van der Waals surface area contributed by atoms with Gasteiger partial charge in [0.2, 0.25) is 5.91 Å². The van der Waals surface area contributed by atoms with E-state index in [0.29, 0.717) is 22.7 Å². The number of sulfonamides is 1. The number of nitrogens with zero attached hydrogens (tertiary/aromatic N) is 1. The normalized spacial score (nSPS) is 11.1. The summed E-state index contributed by atoms with van der Waals surface area (Å²) >= 11 is 1.08. The molecule has 0 saturated heterocycles. The molecule has 0 aliphatic rings. The SMILES string of the molecule is C=CCN(CC(=O)Nc1ccc(C(=O)Nc2ccccc2OC)cc1)S(=O)(=O)c1cccs1. The monoisotopic (exact) mass is 485 g/mol. The Hall–Kier alpha value is -3.47. The molecule has 0 aliphatic carbocycles. The first-order valence-electron chi connectivity index (χ1n) is 9.84. The fraction of sp³-hybridized carbons (Fsp3) is 0.130. The second kappa shape index (κ2) is 10.9. The Kier molecular flexibility index (Phi) is 7.99. The number of amides is 2. The third kappa shape index (κ3) is 6.07. The highest BCUT2D eigenvalue weighted by Crippen LogP contribution is 2.24. The van der Waals surface area contributed by atoms with Gasteiger partial charge < -0.3 is 15.4 Å². The second-order valence-corrected chi connectivity index (χ2v) is 9.91. The molecular weight excluding hydrogens is 462 g/mol. The van der Waals surface area contributed by atoms with Gasteiger partial charge in [0.05, 0.1) is 19.3 Å². The Morgan fingerprint density at radius 1 is 1.06 bits per heavy atom. The molecule has 0 bridgehead atoms. The van der Waals surface area contributed by atoms with Gasteiger partial charge in [-0.3, -0.25) is 9.59 Å². The number of carbonyl (C=O) groups excluding carboxylic acids is 2. The molecule has 3 aromatic rings. The second-order valence-electron chi connectivity index (χ2n) is 6.80. The topological polar surface area (TPSA) is 105 Å². The van der Waals surface area contributed by atoms with Gasteiger partial charge in [0, 0.05) is 17.8 Å². The van der Waals surface area contributed by atoms with Crippen molar-refractivity contribution >= 4 is 44.5 Å². The maximum Gasteiger partial charge on any atom is 0.255 e. The summed E-state index contributed by atoms with van der Waals surface area (Å²) in [7, 11) is -2.29. The van der Waals surface area contributed by atoms with Crippen molar-refractivity contribution in [2.24, 2.45) is 0 Å². The van der Waals surface area contributed by atoms with Crippen molar-refractivity contribution in [3.63, 3.8) is 0 Å². The summed E-state index contributed by atoms with van der Waals surface area (Å²) in [6, 6.07) is 16.4. The molecule has 8 nitrogen and oxygen atoms in total. The zero-order chi connectivity index (χ0) is 23.8. The molecule has 172 valence electrons. The number of para-hydroxylation sites is 2. The van der Waals surface area contributed by atoms with Gasteiger partial charge in [-0.05, 0) is 47.8 Å². The molecule has 3 rings (SSSR count). The number of anilines is 2. The molecule has 0 saturated carbocycles. The Labute approximate surface area is 196 Å². The van der Waals surface area contributed by atoms with Gasteiger partial charge in [0.1, 0.15) is 9.96 Å². The van der Waals surface area contributed by atoms with Gasteiger partial charge >= 0.3 is 0 Å². The van der Waals surface area contributed by atoms with Crippen LogP contribution in [0.3, 0.4) is 0 Å². The van der Waals surface area contributed by atoms with Crippen LogP contribution in [0.1, 0.15) is 10.4 Å². The molecule has 0 spiro atoms. The highest BCUT2D eigenvalue weighted by Gasteiger charge is 2.26. The largest absolute Gasteiger partial charge is 0.495 e. The lowest BCUT2D eigenvalue weighted by atomic mass is 10.2. The fourth-order valence-corrected chi connectivity index (χ4v) is 5.45. The van der Waals surface area contributed by atoms with Crippen LogP contribution < -0.4 is 15.4 Å². The molecular formula is C23H23N3O5S2. The number of ether oxygens (including phenoxy) is 1. The molecule has 0 fully saturated rings. The van der Waals surface area contributed by atoms with E-state index in [1.165, 1.54) is 19.3 Å². The van der Waals surface area contributed by atoms with Crippen LogP contribution in [0.2, 0.25) is 0 Å². The van der Waals surface area contributed by atoms with Crippen LogP contribution in [0, 0.1) is 0 Å². The lowest BCUT2D eigenvalue weighted by molar-refractivity contribution is -0.116. The van der Waals surface area contributed by atoms with E-state index in [1.807, 2.05) is 0 Å². The molecule has 2 N–H and O–H groups in total. The number of benzene rings is 2. The van der Waals surface area contributed by atoms with Gasteiger partial charge in [-0.2, -0.15) is 4.31 Å². The summed E-state index contributed by atoms with van der Waals surface area (Å²) in [5.41, 5.74) is 1.35. The first-order chi connectivity index (χ1) is 15.8. The van der Waals surface area contributed by atoms with Crippen LogP contribution in [0.15, 0.2) is 82.9 Å². The summed E-state index contributed by atoms with van der Waals surface area (Å²) in [5.74, 6) is -0.309. The summed E-state index contributed by atoms with van der Waals surface area (Å²) in [5, 5.41) is 7.09. The third-order valence-corrected chi connectivity index (χ3v) is 7.71. The first kappa shape index (κ1) is 24.2. The predicted molar refractivity (Wildman–Crippen MR) is 129 cm³/mol. The van der Waals surface area contributed by atoms with Crippen molar-refractivity contribution in [1.82, 2.24) is 4.31 Å². The summed E-state index contributed by atoms with van der Waals surface area (Å²) < 4.78 is 31.9. The minimum atomic E-state index is -3.80. The van der Waals surface area contributed by atoms with Crippen LogP contribution in [-0.2, 0) is 14.8 Å². The zero-order valence-electron chi connectivity index (χ0n) is 17.9. The summed E-state index contributed by atoms with van der Waals surface area (Å²) in [6.07, 6.45) is 1.42. The van der Waals surface area contributed by atoms with Crippen LogP contribution in [0.25, 0.3) is 0 Å². The Morgan fingerprint density at radius 2 is 1.79 bits per heavy atom. The Bertz CT molecular complexity index is 1220. The smallest absolute Gasteiger partial charge is 0.255 e. The van der Waals surface area contributed by atoms with Gasteiger partial charge in [-0.25, -0.2) is 8.42 Å². The van der Waals surface area contributed by atoms with Crippen LogP contribution >= 0.6 is 11.3 Å². The van der Waals surface area contributed by atoms with Crippen molar-refractivity contribution < 1.29 is 22.7 Å². The van der Waals surface area contributed by atoms with Crippen molar-refractivity contribution in [2.45, 2.75) is 4.21 Å². The highest BCUT2D eigenvalue weighted by atomic mass is 32.2. The molecule has 0 unspecified atom stereocenters.